The SMILES string of the molecule is [C-]#[N+]c1c(OC)cc(/C=C/C(=O)[O-])cc1OC.[Na+]. The number of hydrogen-bond donors (Lipinski definition) is 0. The molecule has 5 nitrogen and oxygen atoms in total. The number of aliphatic carboxylic acids is 1. The molecule has 0 aliphatic rings. The first-order valence-corrected chi connectivity index (χ1v) is 4.65. The zero-order valence-electron chi connectivity index (χ0n) is 10.4. The van der Waals surface area contributed by atoms with Gasteiger partial charge in [0.15, 0.2) is 0 Å². The van der Waals surface area contributed by atoms with Crippen molar-refractivity contribution in [3.8, 4) is 11.5 Å². The Labute approximate surface area is 127 Å². The molecule has 0 N–H and O–H groups in total. The minimum atomic E-state index is -1.29. The van der Waals surface area contributed by atoms with Crippen LogP contribution in [0, 0.1) is 6.57 Å². The van der Waals surface area contributed by atoms with Crippen molar-refractivity contribution in [1.29, 1.82) is 0 Å². The number of methoxy groups -OCH3 is 2. The van der Waals surface area contributed by atoms with Crippen molar-refractivity contribution in [2.24, 2.45) is 0 Å². The van der Waals surface area contributed by atoms with Crippen LogP contribution in [0.5, 0.6) is 11.5 Å². The summed E-state index contributed by atoms with van der Waals surface area (Å²) in [6.07, 6.45) is 2.24. The summed E-state index contributed by atoms with van der Waals surface area (Å²) in [7, 11) is 2.85. The van der Waals surface area contributed by atoms with E-state index in [4.69, 9.17) is 16.0 Å². The van der Waals surface area contributed by atoms with E-state index in [1.165, 1.54) is 20.3 Å². The van der Waals surface area contributed by atoms with Crippen molar-refractivity contribution in [3.05, 3.63) is 35.2 Å². The molecule has 1 aromatic carbocycles. The maximum Gasteiger partial charge on any atom is 1.00 e. The van der Waals surface area contributed by atoms with E-state index in [1.807, 2.05) is 0 Å². The van der Waals surface area contributed by atoms with E-state index in [9.17, 15) is 9.90 Å². The number of carboxylic acids is 1. The van der Waals surface area contributed by atoms with E-state index in [1.54, 1.807) is 12.1 Å². The average molecular weight is 255 g/mol. The van der Waals surface area contributed by atoms with E-state index < -0.39 is 5.97 Å². The molecule has 0 fully saturated rings. The smallest absolute Gasteiger partial charge is 0.545 e. The van der Waals surface area contributed by atoms with Crippen LogP contribution in [0.2, 0.25) is 0 Å². The monoisotopic (exact) mass is 255 g/mol. The molecule has 6 heteroatoms. The molecule has 88 valence electrons. The molecule has 0 spiro atoms. The van der Waals surface area contributed by atoms with Crippen LogP contribution in [0.25, 0.3) is 10.9 Å². The van der Waals surface area contributed by atoms with E-state index in [-0.39, 0.29) is 35.2 Å². The number of rotatable bonds is 4. The second-order valence-corrected chi connectivity index (χ2v) is 3.04. The van der Waals surface area contributed by atoms with Gasteiger partial charge < -0.3 is 19.4 Å². The Morgan fingerprint density at radius 2 is 1.83 bits per heavy atom. The minimum absolute atomic E-state index is 0. The summed E-state index contributed by atoms with van der Waals surface area (Å²) in [4.78, 5) is 13.6. The Morgan fingerprint density at radius 3 is 2.17 bits per heavy atom. The molecule has 18 heavy (non-hydrogen) atoms. The van der Waals surface area contributed by atoms with Crippen LogP contribution in [0.3, 0.4) is 0 Å². The normalized spacial score (nSPS) is 9.39. The number of carboxylic acid groups (broad SMARTS) is 1. The first kappa shape index (κ1) is 16.5. The largest absolute Gasteiger partial charge is 1.00 e. The van der Waals surface area contributed by atoms with Crippen LogP contribution in [0.1, 0.15) is 5.56 Å². The Bertz CT molecular complexity index is 480. The minimum Gasteiger partial charge on any atom is -0.545 e. The molecule has 0 heterocycles. The summed E-state index contributed by atoms with van der Waals surface area (Å²) in [5.74, 6) is -0.633. The summed E-state index contributed by atoms with van der Waals surface area (Å²) in [6.45, 7) is 7.02. The zero-order chi connectivity index (χ0) is 12.8. The van der Waals surface area contributed by atoms with Gasteiger partial charge in [0, 0.05) is 0 Å². The van der Waals surface area contributed by atoms with Gasteiger partial charge in [-0.2, -0.15) is 0 Å². The van der Waals surface area contributed by atoms with Gasteiger partial charge in [-0.1, -0.05) is 6.08 Å². The predicted molar refractivity (Wildman–Crippen MR) is 59.8 cm³/mol. The second-order valence-electron chi connectivity index (χ2n) is 3.04. The second kappa shape index (κ2) is 7.77. The molecule has 0 aliphatic carbocycles. The maximum absolute atomic E-state index is 10.3. The molecule has 0 atom stereocenters. The summed E-state index contributed by atoms with van der Waals surface area (Å²) in [6, 6.07) is 3.10. The molecular weight excluding hydrogens is 245 g/mol. The van der Waals surface area contributed by atoms with Crippen molar-refractivity contribution in [3.63, 3.8) is 0 Å². The zero-order valence-corrected chi connectivity index (χ0v) is 12.4. The molecule has 0 saturated carbocycles. The molecule has 0 unspecified atom stereocenters. The summed E-state index contributed by atoms with van der Waals surface area (Å²) >= 11 is 0. The van der Waals surface area contributed by atoms with Crippen LogP contribution < -0.4 is 44.1 Å². The summed E-state index contributed by atoms with van der Waals surface area (Å²) < 4.78 is 10.1. The van der Waals surface area contributed by atoms with Gasteiger partial charge in [-0.3, -0.25) is 0 Å². The quantitative estimate of drug-likeness (QED) is 0.355. The molecular formula is C12H10NNaO4. The van der Waals surface area contributed by atoms with Gasteiger partial charge in [0.25, 0.3) is 5.69 Å². The number of carbonyl (C=O) groups excluding carboxylic acids is 1. The average Bonchev–Trinajstić information content (AvgIpc) is 2.34. The van der Waals surface area contributed by atoms with Gasteiger partial charge in [-0.25, -0.2) is 4.85 Å². The van der Waals surface area contributed by atoms with E-state index in [2.05, 4.69) is 4.85 Å². The summed E-state index contributed by atoms with van der Waals surface area (Å²) in [5.41, 5.74) is 0.802. The van der Waals surface area contributed by atoms with Gasteiger partial charge in [0.2, 0.25) is 0 Å². The fraction of sp³-hybridized carbons (Fsp3) is 0.167. The summed E-state index contributed by atoms with van der Waals surface area (Å²) in [5, 5.41) is 10.3. The fourth-order valence-electron chi connectivity index (χ4n) is 1.28. The third-order valence-electron chi connectivity index (χ3n) is 2.03. The van der Waals surface area contributed by atoms with Crippen LogP contribution in [-0.2, 0) is 4.79 Å². The van der Waals surface area contributed by atoms with Gasteiger partial charge in [-0.15, -0.1) is 0 Å². The van der Waals surface area contributed by atoms with Crippen LogP contribution >= 0.6 is 0 Å². The van der Waals surface area contributed by atoms with Gasteiger partial charge in [0.1, 0.15) is 11.5 Å². The van der Waals surface area contributed by atoms with Crippen molar-refractivity contribution >= 4 is 17.7 Å². The number of hydrogen-bond acceptors (Lipinski definition) is 4. The van der Waals surface area contributed by atoms with Gasteiger partial charge >= 0.3 is 29.6 Å². The van der Waals surface area contributed by atoms with Crippen molar-refractivity contribution in [1.82, 2.24) is 0 Å². The molecule has 0 radical (unpaired) electrons. The molecule has 0 aromatic heterocycles. The van der Waals surface area contributed by atoms with Crippen LogP contribution in [-0.4, -0.2) is 20.2 Å². The third-order valence-corrected chi connectivity index (χ3v) is 2.03. The first-order valence-electron chi connectivity index (χ1n) is 4.65. The van der Waals surface area contributed by atoms with Crippen molar-refractivity contribution in [2.75, 3.05) is 14.2 Å². The molecule has 0 saturated heterocycles. The topological polar surface area (TPSA) is 63.0 Å². The Balaban J connectivity index is 0.00000289. The van der Waals surface area contributed by atoms with Crippen molar-refractivity contribution in [2.45, 2.75) is 0 Å². The molecule has 1 rings (SSSR count). The van der Waals surface area contributed by atoms with Gasteiger partial charge in [-0.05, 0) is 23.8 Å². The number of carbonyl (C=O) groups is 1. The van der Waals surface area contributed by atoms with E-state index in [0.717, 1.165) is 6.08 Å². The Hall–Kier alpha value is -1.48. The third kappa shape index (κ3) is 4.08. The number of nitrogens with zero attached hydrogens (tertiary/aromatic N) is 1. The Kier molecular flexibility index (Phi) is 7.13. The molecule has 0 amide bonds. The van der Waals surface area contributed by atoms with Gasteiger partial charge in [0.05, 0.1) is 26.8 Å². The molecule has 1 aromatic rings. The molecule has 0 aliphatic heterocycles. The standard InChI is InChI=1S/C12H11NO4.Na/c1-13-12-9(16-2)6-8(4-5-11(14)15)7-10(12)17-3;/h4-7H,2-3H3,(H,14,15);/q;+1/p-1/b5-4+;. The van der Waals surface area contributed by atoms with E-state index in [0.29, 0.717) is 17.1 Å². The molecule has 0 bridgehead atoms. The number of benzene rings is 1. The van der Waals surface area contributed by atoms with Crippen LogP contribution in [0.15, 0.2) is 18.2 Å². The predicted octanol–water partition coefficient (Wildman–Crippen LogP) is -1.98. The fourth-order valence-corrected chi connectivity index (χ4v) is 1.28. The first-order chi connectivity index (χ1) is 8.12. The van der Waals surface area contributed by atoms with Crippen molar-refractivity contribution < 1.29 is 48.9 Å². The maximum atomic E-state index is 10.3. The number of ether oxygens (including phenoxy) is 2. The Morgan fingerprint density at radius 1 is 1.33 bits per heavy atom. The van der Waals surface area contributed by atoms with E-state index >= 15 is 0 Å². The van der Waals surface area contributed by atoms with Crippen LogP contribution in [0.4, 0.5) is 5.69 Å².